The first-order valence-electron chi connectivity index (χ1n) is 3.21. The topological polar surface area (TPSA) is 0 Å². The summed E-state index contributed by atoms with van der Waals surface area (Å²) in [5, 5.41) is 3.88. The van der Waals surface area contributed by atoms with E-state index in [-0.39, 0.29) is 0 Å². The molecule has 0 nitrogen and oxygen atoms in total. The van der Waals surface area contributed by atoms with Gasteiger partial charge in [-0.15, -0.1) is 11.3 Å². The zero-order valence-corrected chi connectivity index (χ0v) is 10.5. The average Bonchev–Trinajstić information content (AvgIpc) is 2.41. The lowest BCUT2D eigenvalue weighted by atomic mass is 10.3. The van der Waals surface area contributed by atoms with Gasteiger partial charge in [0.15, 0.2) is 0 Å². The molecule has 0 aliphatic heterocycles. The van der Waals surface area contributed by atoms with Crippen LogP contribution in [0, 0.1) is 0 Å². The van der Waals surface area contributed by atoms with Gasteiger partial charge in [0.25, 0.3) is 0 Å². The molecule has 0 bridgehead atoms. The third-order valence-corrected chi connectivity index (χ3v) is 5.32. The van der Waals surface area contributed by atoms with Crippen LogP contribution < -0.4 is 0 Å². The molecule has 0 aliphatic rings. The third-order valence-electron chi connectivity index (χ3n) is 1.59. The van der Waals surface area contributed by atoms with Gasteiger partial charge in [0.1, 0.15) is 0 Å². The number of fused-ring (bicyclic) bond motifs is 1. The van der Waals surface area contributed by atoms with E-state index in [2.05, 4.69) is 31.9 Å². The van der Waals surface area contributed by atoms with Crippen LogP contribution in [-0.2, 0) is 0 Å². The van der Waals surface area contributed by atoms with Gasteiger partial charge < -0.3 is 0 Å². The van der Waals surface area contributed by atoms with Crippen molar-refractivity contribution in [2.75, 3.05) is 0 Å². The van der Waals surface area contributed by atoms with Crippen molar-refractivity contribution in [1.29, 1.82) is 0 Å². The molecule has 2 rings (SSSR count). The number of rotatable bonds is 0. The fourth-order valence-electron chi connectivity index (χ4n) is 1.01. The van der Waals surface area contributed by atoms with Crippen LogP contribution in [-0.4, -0.2) is 0 Å². The van der Waals surface area contributed by atoms with E-state index in [1.165, 1.54) is 4.70 Å². The number of halogens is 3. The third kappa shape index (κ3) is 1.33. The molecule has 2 aromatic rings. The predicted molar refractivity (Wildman–Crippen MR) is 62.2 cm³/mol. The zero-order valence-electron chi connectivity index (χ0n) is 5.77. The minimum Gasteiger partial charge on any atom is -0.141 e. The summed E-state index contributed by atoms with van der Waals surface area (Å²) in [6, 6.07) is 4.01. The molecule has 0 amide bonds. The molecule has 12 heavy (non-hydrogen) atoms. The Balaban J connectivity index is 2.93. The summed E-state index contributed by atoms with van der Waals surface area (Å²) in [5.41, 5.74) is 0. The Kier molecular flexibility index (Phi) is 2.47. The molecule has 62 valence electrons. The van der Waals surface area contributed by atoms with Crippen molar-refractivity contribution in [3.63, 3.8) is 0 Å². The van der Waals surface area contributed by atoms with Crippen molar-refractivity contribution in [2.24, 2.45) is 0 Å². The summed E-state index contributed by atoms with van der Waals surface area (Å²) >= 11 is 14.6. The quantitative estimate of drug-likeness (QED) is 0.633. The molecular formula is C8H3Br2ClS. The van der Waals surface area contributed by atoms with E-state index in [0.29, 0.717) is 0 Å². The van der Waals surface area contributed by atoms with Crippen LogP contribution in [0.25, 0.3) is 10.1 Å². The summed E-state index contributed by atoms with van der Waals surface area (Å²) in [6.45, 7) is 0. The van der Waals surface area contributed by atoms with Crippen molar-refractivity contribution in [3.8, 4) is 0 Å². The molecule has 0 saturated carbocycles. The van der Waals surface area contributed by atoms with Crippen molar-refractivity contribution in [2.45, 2.75) is 0 Å². The first kappa shape index (κ1) is 9.00. The van der Waals surface area contributed by atoms with Crippen molar-refractivity contribution < 1.29 is 0 Å². The molecular weight excluding hydrogens is 323 g/mol. The summed E-state index contributed by atoms with van der Waals surface area (Å²) in [6.07, 6.45) is 0. The Bertz CT molecular complexity index is 436. The summed E-state index contributed by atoms with van der Waals surface area (Å²) in [4.78, 5) is 0. The SMILES string of the molecule is Clc1csc2c(Br)c(Br)ccc12. The van der Waals surface area contributed by atoms with Crippen LogP contribution in [0.5, 0.6) is 0 Å². The van der Waals surface area contributed by atoms with Crippen LogP contribution in [0.1, 0.15) is 0 Å². The van der Waals surface area contributed by atoms with Crippen LogP contribution >= 0.6 is 54.8 Å². The maximum atomic E-state index is 5.97. The highest BCUT2D eigenvalue weighted by Gasteiger charge is 2.06. The first-order chi connectivity index (χ1) is 5.70. The van der Waals surface area contributed by atoms with Crippen molar-refractivity contribution in [3.05, 3.63) is 31.5 Å². The highest BCUT2D eigenvalue weighted by molar-refractivity contribution is 9.13. The average molecular weight is 326 g/mol. The van der Waals surface area contributed by atoms with Gasteiger partial charge in [-0.3, -0.25) is 0 Å². The van der Waals surface area contributed by atoms with E-state index in [0.717, 1.165) is 19.4 Å². The number of thiophene rings is 1. The molecule has 0 unspecified atom stereocenters. The Labute approximate surface area is 95.8 Å². The standard InChI is InChI=1S/C8H3Br2ClS/c9-5-2-1-4-6(11)3-12-8(4)7(5)10/h1-3H. The van der Waals surface area contributed by atoms with Gasteiger partial charge in [0, 0.05) is 19.7 Å². The van der Waals surface area contributed by atoms with E-state index in [4.69, 9.17) is 11.6 Å². The molecule has 1 aromatic carbocycles. The van der Waals surface area contributed by atoms with Gasteiger partial charge in [0.05, 0.1) is 9.72 Å². The summed E-state index contributed by atoms with van der Waals surface area (Å²) < 4.78 is 3.33. The van der Waals surface area contributed by atoms with Gasteiger partial charge in [0.2, 0.25) is 0 Å². The predicted octanol–water partition coefficient (Wildman–Crippen LogP) is 5.08. The fraction of sp³-hybridized carbons (Fsp3) is 0. The van der Waals surface area contributed by atoms with Crippen LogP contribution in [0.15, 0.2) is 26.5 Å². The van der Waals surface area contributed by atoms with Crippen molar-refractivity contribution >= 4 is 64.9 Å². The summed E-state index contributed by atoms with van der Waals surface area (Å²) in [7, 11) is 0. The minimum atomic E-state index is 0.822. The first-order valence-corrected chi connectivity index (χ1v) is 6.05. The smallest absolute Gasteiger partial charge is 0.0592 e. The van der Waals surface area contributed by atoms with Gasteiger partial charge in [-0.1, -0.05) is 17.7 Å². The molecule has 1 heterocycles. The zero-order chi connectivity index (χ0) is 8.72. The van der Waals surface area contributed by atoms with E-state index in [9.17, 15) is 0 Å². The molecule has 0 atom stereocenters. The van der Waals surface area contributed by atoms with E-state index >= 15 is 0 Å². The highest BCUT2D eigenvalue weighted by Crippen LogP contribution is 2.38. The molecule has 0 N–H and O–H groups in total. The minimum absolute atomic E-state index is 0.822. The maximum absolute atomic E-state index is 5.97. The Hall–Kier alpha value is 0.430. The second-order valence-electron chi connectivity index (χ2n) is 2.32. The van der Waals surface area contributed by atoms with Crippen LogP contribution in [0.4, 0.5) is 0 Å². The van der Waals surface area contributed by atoms with Crippen LogP contribution in [0.2, 0.25) is 5.02 Å². The Morgan fingerprint density at radius 3 is 2.75 bits per heavy atom. The van der Waals surface area contributed by atoms with Crippen molar-refractivity contribution in [1.82, 2.24) is 0 Å². The second kappa shape index (κ2) is 3.29. The van der Waals surface area contributed by atoms with Gasteiger partial charge >= 0.3 is 0 Å². The highest BCUT2D eigenvalue weighted by atomic mass is 79.9. The molecule has 0 spiro atoms. The lowest BCUT2D eigenvalue weighted by Gasteiger charge is -1.96. The Morgan fingerprint density at radius 1 is 1.25 bits per heavy atom. The molecule has 0 aliphatic carbocycles. The molecule has 4 heteroatoms. The largest absolute Gasteiger partial charge is 0.141 e. The molecule has 0 fully saturated rings. The molecule has 1 aromatic heterocycles. The lowest BCUT2D eigenvalue weighted by molar-refractivity contribution is 1.71. The van der Waals surface area contributed by atoms with Gasteiger partial charge in [-0.2, -0.15) is 0 Å². The Morgan fingerprint density at radius 2 is 2.00 bits per heavy atom. The molecule has 0 radical (unpaired) electrons. The maximum Gasteiger partial charge on any atom is 0.0592 e. The monoisotopic (exact) mass is 324 g/mol. The second-order valence-corrected chi connectivity index (χ2v) is 5.26. The number of hydrogen-bond donors (Lipinski definition) is 0. The number of benzene rings is 1. The number of hydrogen-bond acceptors (Lipinski definition) is 1. The van der Waals surface area contributed by atoms with Crippen LogP contribution in [0.3, 0.4) is 0 Å². The fourth-order valence-corrected chi connectivity index (χ4v) is 3.31. The van der Waals surface area contributed by atoms with E-state index in [1.807, 2.05) is 17.5 Å². The normalized spacial score (nSPS) is 10.9. The van der Waals surface area contributed by atoms with Gasteiger partial charge in [-0.05, 0) is 37.9 Å². The lowest BCUT2D eigenvalue weighted by Crippen LogP contribution is -1.69. The summed E-state index contributed by atoms with van der Waals surface area (Å²) in [5.74, 6) is 0. The van der Waals surface area contributed by atoms with Gasteiger partial charge in [-0.25, -0.2) is 0 Å². The molecule has 0 saturated heterocycles. The van der Waals surface area contributed by atoms with E-state index in [1.54, 1.807) is 11.3 Å². The van der Waals surface area contributed by atoms with E-state index < -0.39 is 0 Å².